The van der Waals surface area contributed by atoms with Crippen LogP contribution in [-0.2, 0) is 11.2 Å². The molecule has 0 aliphatic rings. The molecule has 13 heavy (non-hydrogen) atoms. The van der Waals surface area contributed by atoms with E-state index in [-0.39, 0.29) is 0 Å². The summed E-state index contributed by atoms with van der Waals surface area (Å²) in [6, 6.07) is 7.93. The molecule has 0 spiro atoms. The average molecular weight is 173 g/mol. The summed E-state index contributed by atoms with van der Waals surface area (Å²) in [5.41, 5.74) is 2.26. The fraction of sp³-hybridized carbons (Fsp3) is 0.182. The summed E-state index contributed by atoms with van der Waals surface area (Å²) in [5, 5.41) is 0. The molecule has 0 bridgehead atoms. The molecule has 0 amide bonds. The van der Waals surface area contributed by atoms with Crippen LogP contribution >= 0.6 is 0 Å². The van der Waals surface area contributed by atoms with E-state index in [0.29, 0.717) is 6.54 Å². The third kappa shape index (κ3) is 2.69. The third-order valence-electron chi connectivity index (χ3n) is 1.83. The highest BCUT2D eigenvalue weighted by atomic mass is 16.1. The number of aliphatic imine (C=N–C) groups is 1. The molecular weight excluding hydrogens is 162 g/mol. The molecular formula is C11H11NO. The number of carbonyl (C=O) groups excluding carboxylic acids is 1. The Kier molecular flexibility index (Phi) is 3.68. The highest BCUT2D eigenvalue weighted by Gasteiger charge is 1.96. The molecule has 0 N–H and O–H groups in total. The maximum Gasteiger partial charge on any atom is 0.234 e. The highest BCUT2D eigenvalue weighted by molar-refractivity contribution is 5.51. The fourth-order valence-electron chi connectivity index (χ4n) is 1.18. The predicted octanol–water partition coefficient (Wildman–Crippen LogP) is 2.21. The number of hydrogen-bond donors (Lipinski definition) is 0. The van der Waals surface area contributed by atoms with Crippen molar-refractivity contribution in [1.29, 1.82) is 0 Å². The Balaban J connectivity index is 2.74. The fourth-order valence-corrected chi connectivity index (χ4v) is 1.18. The van der Waals surface area contributed by atoms with Crippen molar-refractivity contribution in [3.63, 3.8) is 0 Å². The summed E-state index contributed by atoms with van der Waals surface area (Å²) in [7, 11) is 0. The van der Waals surface area contributed by atoms with Crippen molar-refractivity contribution in [3.05, 3.63) is 42.0 Å². The first-order valence-corrected chi connectivity index (χ1v) is 4.12. The van der Waals surface area contributed by atoms with Gasteiger partial charge in [0.15, 0.2) is 0 Å². The van der Waals surface area contributed by atoms with Crippen molar-refractivity contribution in [2.24, 2.45) is 4.99 Å². The molecule has 2 heteroatoms. The summed E-state index contributed by atoms with van der Waals surface area (Å²) in [6.45, 7) is 4.21. The zero-order valence-corrected chi connectivity index (χ0v) is 7.36. The molecule has 1 aromatic rings. The van der Waals surface area contributed by atoms with Gasteiger partial charge < -0.3 is 0 Å². The summed E-state index contributed by atoms with van der Waals surface area (Å²) in [6.07, 6.45) is 4.09. The van der Waals surface area contributed by atoms with Gasteiger partial charge in [-0.3, -0.25) is 0 Å². The molecule has 0 saturated heterocycles. The van der Waals surface area contributed by atoms with E-state index in [2.05, 4.69) is 11.6 Å². The molecule has 1 aromatic carbocycles. The van der Waals surface area contributed by atoms with E-state index in [0.717, 1.165) is 17.5 Å². The van der Waals surface area contributed by atoms with Gasteiger partial charge in [0.05, 0.1) is 6.54 Å². The van der Waals surface area contributed by atoms with Crippen molar-refractivity contribution in [2.45, 2.75) is 6.42 Å². The van der Waals surface area contributed by atoms with Gasteiger partial charge in [0.1, 0.15) is 0 Å². The second kappa shape index (κ2) is 5.07. The lowest BCUT2D eigenvalue weighted by molar-refractivity contribution is 0.563. The zero-order valence-electron chi connectivity index (χ0n) is 7.36. The van der Waals surface area contributed by atoms with E-state index >= 15 is 0 Å². The van der Waals surface area contributed by atoms with Crippen LogP contribution in [0.5, 0.6) is 0 Å². The van der Waals surface area contributed by atoms with E-state index in [9.17, 15) is 4.79 Å². The quantitative estimate of drug-likeness (QED) is 0.507. The van der Waals surface area contributed by atoms with Gasteiger partial charge in [-0.1, -0.05) is 36.9 Å². The Morgan fingerprint density at radius 3 is 2.92 bits per heavy atom. The molecule has 0 unspecified atom stereocenters. The standard InChI is InChI=1S/C11H11NO/c1-2-10-5-3-4-6-11(10)7-8-12-9-13/h2-6H,1,7-8H2. The molecule has 0 fully saturated rings. The van der Waals surface area contributed by atoms with Gasteiger partial charge in [0.2, 0.25) is 6.08 Å². The molecule has 2 nitrogen and oxygen atoms in total. The van der Waals surface area contributed by atoms with Crippen molar-refractivity contribution in [1.82, 2.24) is 0 Å². The largest absolute Gasteiger partial charge is 0.234 e. The van der Waals surface area contributed by atoms with Crippen LogP contribution in [0.1, 0.15) is 11.1 Å². The minimum Gasteiger partial charge on any atom is -0.211 e. The minimum absolute atomic E-state index is 0.494. The second-order valence-electron chi connectivity index (χ2n) is 2.63. The van der Waals surface area contributed by atoms with Gasteiger partial charge in [-0.05, 0) is 17.5 Å². The van der Waals surface area contributed by atoms with Crippen LogP contribution in [0.25, 0.3) is 6.08 Å². The predicted molar refractivity (Wildman–Crippen MR) is 53.2 cm³/mol. The summed E-state index contributed by atoms with van der Waals surface area (Å²) in [5.74, 6) is 0. The molecule has 0 saturated carbocycles. The average Bonchev–Trinajstić information content (AvgIpc) is 2.19. The van der Waals surface area contributed by atoms with Crippen molar-refractivity contribution >= 4 is 12.2 Å². The van der Waals surface area contributed by atoms with Crippen LogP contribution in [0.2, 0.25) is 0 Å². The first-order chi connectivity index (χ1) is 6.38. The van der Waals surface area contributed by atoms with Crippen molar-refractivity contribution in [3.8, 4) is 0 Å². The van der Waals surface area contributed by atoms with Gasteiger partial charge in [0, 0.05) is 0 Å². The van der Waals surface area contributed by atoms with Gasteiger partial charge >= 0.3 is 0 Å². The lowest BCUT2D eigenvalue weighted by atomic mass is 10.1. The molecule has 0 radical (unpaired) electrons. The zero-order chi connectivity index (χ0) is 9.52. The molecule has 0 aliphatic carbocycles. The Morgan fingerprint density at radius 2 is 2.23 bits per heavy atom. The molecule has 0 aliphatic heterocycles. The SMILES string of the molecule is C=Cc1ccccc1CCN=C=O. The van der Waals surface area contributed by atoms with Gasteiger partial charge in [-0.25, -0.2) is 9.79 Å². The molecule has 0 aromatic heterocycles. The van der Waals surface area contributed by atoms with E-state index in [1.807, 2.05) is 24.3 Å². The summed E-state index contributed by atoms with van der Waals surface area (Å²) >= 11 is 0. The van der Waals surface area contributed by atoms with Crippen LogP contribution in [0.3, 0.4) is 0 Å². The lowest BCUT2D eigenvalue weighted by Crippen LogP contribution is -1.91. The third-order valence-corrected chi connectivity index (χ3v) is 1.83. The van der Waals surface area contributed by atoms with Gasteiger partial charge in [0.25, 0.3) is 0 Å². The number of benzene rings is 1. The van der Waals surface area contributed by atoms with Crippen molar-refractivity contribution < 1.29 is 4.79 Å². The normalized spacial score (nSPS) is 8.92. The van der Waals surface area contributed by atoms with Crippen LogP contribution in [-0.4, -0.2) is 12.6 Å². The minimum atomic E-state index is 0.494. The molecule has 1 rings (SSSR count). The van der Waals surface area contributed by atoms with Crippen LogP contribution in [0.4, 0.5) is 0 Å². The number of hydrogen-bond acceptors (Lipinski definition) is 2. The first kappa shape index (κ1) is 9.43. The topological polar surface area (TPSA) is 29.4 Å². The van der Waals surface area contributed by atoms with Crippen LogP contribution < -0.4 is 0 Å². The number of rotatable bonds is 4. The Bertz CT molecular complexity index is 338. The lowest BCUT2D eigenvalue weighted by Gasteiger charge is -2.01. The van der Waals surface area contributed by atoms with Crippen LogP contribution in [0.15, 0.2) is 35.8 Å². The molecule has 66 valence electrons. The molecule has 0 heterocycles. The van der Waals surface area contributed by atoms with E-state index in [1.54, 1.807) is 6.08 Å². The van der Waals surface area contributed by atoms with Gasteiger partial charge in [-0.15, -0.1) is 0 Å². The first-order valence-electron chi connectivity index (χ1n) is 4.12. The Labute approximate surface area is 77.6 Å². The van der Waals surface area contributed by atoms with Gasteiger partial charge in [-0.2, -0.15) is 0 Å². The smallest absolute Gasteiger partial charge is 0.211 e. The summed E-state index contributed by atoms with van der Waals surface area (Å²) in [4.78, 5) is 13.3. The number of isocyanates is 1. The van der Waals surface area contributed by atoms with E-state index in [4.69, 9.17) is 0 Å². The van der Waals surface area contributed by atoms with Crippen LogP contribution in [0, 0.1) is 0 Å². The monoisotopic (exact) mass is 173 g/mol. The molecule has 0 atom stereocenters. The summed E-state index contributed by atoms with van der Waals surface area (Å²) < 4.78 is 0. The second-order valence-corrected chi connectivity index (χ2v) is 2.63. The Hall–Kier alpha value is -1.66. The van der Waals surface area contributed by atoms with E-state index in [1.165, 1.54) is 6.08 Å². The van der Waals surface area contributed by atoms with E-state index < -0.39 is 0 Å². The maximum atomic E-state index is 9.84. The maximum absolute atomic E-state index is 9.84. The number of nitrogens with zero attached hydrogens (tertiary/aromatic N) is 1. The Morgan fingerprint density at radius 1 is 1.46 bits per heavy atom. The highest BCUT2D eigenvalue weighted by Crippen LogP contribution is 2.10. The van der Waals surface area contributed by atoms with Crippen molar-refractivity contribution in [2.75, 3.05) is 6.54 Å².